The Morgan fingerprint density at radius 2 is 1.69 bits per heavy atom. The van der Waals surface area contributed by atoms with E-state index in [0.717, 1.165) is 42.6 Å². The highest BCUT2D eigenvalue weighted by Gasteiger charge is 2.44. The summed E-state index contributed by atoms with van der Waals surface area (Å²) < 4.78 is 20.2. The third-order valence-electron chi connectivity index (χ3n) is 12.1. The van der Waals surface area contributed by atoms with Crippen molar-refractivity contribution in [1.29, 1.82) is 5.26 Å². The number of benzene rings is 3. The molecule has 2 aromatic heterocycles. The maximum absolute atomic E-state index is 14.9. The third kappa shape index (κ3) is 9.95. The smallest absolute Gasteiger partial charge is 0.274 e. The van der Waals surface area contributed by atoms with Gasteiger partial charge in [-0.15, -0.1) is 0 Å². The first kappa shape index (κ1) is 45.5. The number of pyridine rings is 1. The molecular weight excluding hydrogens is 860 g/mol. The molecule has 0 spiro atoms. The number of hydrogen-bond acceptors (Lipinski definition) is 13. The van der Waals surface area contributed by atoms with Gasteiger partial charge in [0.05, 0.1) is 46.8 Å². The number of amides is 6. The van der Waals surface area contributed by atoms with Crippen LogP contribution in [0.15, 0.2) is 85.3 Å². The number of imide groups is 2. The predicted octanol–water partition coefficient (Wildman–Crippen LogP) is 5.98. The van der Waals surface area contributed by atoms with E-state index < -0.39 is 41.4 Å². The van der Waals surface area contributed by atoms with Gasteiger partial charge in [-0.3, -0.25) is 44.0 Å². The molecule has 18 heteroatoms. The highest BCUT2D eigenvalue weighted by molar-refractivity contribution is 6.23. The first-order chi connectivity index (χ1) is 32.5. The Bertz CT molecular complexity index is 2810. The molecule has 1 atom stereocenters. The van der Waals surface area contributed by atoms with Crippen molar-refractivity contribution in [2.45, 2.75) is 57.4 Å². The van der Waals surface area contributed by atoms with Gasteiger partial charge in [0.25, 0.3) is 17.7 Å². The summed E-state index contributed by atoms with van der Waals surface area (Å²) in [5.74, 6) is -3.01. The number of hydrogen-bond donors (Lipinski definition) is 3. The topological polar surface area (TPSA) is 220 Å². The Morgan fingerprint density at radius 1 is 0.896 bits per heavy atom. The molecule has 0 bridgehead atoms. The summed E-state index contributed by atoms with van der Waals surface area (Å²) in [7, 11) is 1.41. The zero-order valence-corrected chi connectivity index (χ0v) is 36.7. The van der Waals surface area contributed by atoms with Crippen LogP contribution >= 0.6 is 0 Å². The lowest BCUT2D eigenvalue weighted by Crippen LogP contribution is -2.54. The maximum atomic E-state index is 14.9. The molecule has 2 fully saturated rings. The number of methoxy groups -OCH3 is 1. The zero-order valence-electron chi connectivity index (χ0n) is 36.7. The lowest BCUT2D eigenvalue weighted by molar-refractivity contribution is -0.136. The number of nitrogens with one attached hydrogen (secondary N) is 3. The van der Waals surface area contributed by atoms with E-state index in [9.17, 15) is 38.4 Å². The van der Waals surface area contributed by atoms with Crippen LogP contribution in [0.2, 0.25) is 0 Å². The summed E-state index contributed by atoms with van der Waals surface area (Å²) in [6, 6.07) is 19.0. The number of piperazine rings is 1. The Labute approximate surface area is 385 Å². The van der Waals surface area contributed by atoms with Crippen molar-refractivity contribution in [3.8, 4) is 34.3 Å². The van der Waals surface area contributed by atoms with Crippen LogP contribution in [-0.2, 0) is 14.4 Å². The summed E-state index contributed by atoms with van der Waals surface area (Å²) >= 11 is 0. The van der Waals surface area contributed by atoms with Crippen LogP contribution in [0.4, 0.5) is 21.5 Å². The van der Waals surface area contributed by atoms with E-state index in [2.05, 4.69) is 41.9 Å². The van der Waals surface area contributed by atoms with Gasteiger partial charge in [-0.2, -0.15) is 5.26 Å². The predicted molar refractivity (Wildman–Crippen MR) is 244 cm³/mol. The largest absolute Gasteiger partial charge is 0.496 e. The molecule has 3 aliphatic heterocycles. The van der Waals surface area contributed by atoms with Crippen molar-refractivity contribution >= 4 is 52.5 Å². The molecule has 6 amide bonds. The average Bonchev–Trinajstić information content (AvgIpc) is 3.59. The van der Waals surface area contributed by atoms with Crippen LogP contribution in [0.1, 0.15) is 88.1 Å². The van der Waals surface area contributed by atoms with Crippen LogP contribution in [0, 0.1) is 17.1 Å². The molecule has 8 rings (SSSR count). The van der Waals surface area contributed by atoms with E-state index in [1.165, 1.54) is 31.5 Å². The molecule has 3 N–H and O–H groups in total. The van der Waals surface area contributed by atoms with Crippen molar-refractivity contribution in [3.05, 3.63) is 114 Å². The molecular formula is C49H47FN10O7. The maximum Gasteiger partial charge on any atom is 0.274 e. The van der Waals surface area contributed by atoms with Crippen molar-refractivity contribution in [1.82, 2.24) is 30.1 Å². The second-order valence-corrected chi connectivity index (χ2v) is 16.3. The number of fused-ring (bicyclic) bond motifs is 1. The Kier molecular flexibility index (Phi) is 13.9. The van der Waals surface area contributed by atoms with Gasteiger partial charge in [0, 0.05) is 75.4 Å². The monoisotopic (exact) mass is 906 g/mol. The lowest BCUT2D eigenvalue weighted by atomic mass is 10.0. The van der Waals surface area contributed by atoms with Crippen LogP contribution in [0.25, 0.3) is 22.5 Å². The van der Waals surface area contributed by atoms with E-state index in [1.54, 1.807) is 54.9 Å². The number of carbonyl (C=O) groups excluding carboxylic acids is 6. The van der Waals surface area contributed by atoms with Crippen LogP contribution in [0.5, 0.6) is 5.75 Å². The number of halogens is 1. The fourth-order valence-electron chi connectivity index (χ4n) is 8.57. The number of aromatic nitrogens is 3. The number of nitrogens with zero attached hydrogens (tertiary/aromatic N) is 7. The molecule has 0 aliphatic carbocycles. The number of piperidine rings is 1. The Balaban J connectivity index is 0.822. The van der Waals surface area contributed by atoms with Crippen molar-refractivity contribution in [3.63, 3.8) is 0 Å². The minimum Gasteiger partial charge on any atom is -0.496 e. The molecule has 0 saturated carbocycles. The molecule has 3 aromatic carbocycles. The van der Waals surface area contributed by atoms with Gasteiger partial charge in [-0.25, -0.2) is 14.4 Å². The fourth-order valence-corrected chi connectivity index (χ4v) is 8.57. The Morgan fingerprint density at radius 3 is 2.48 bits per heavy atom. The highest BCUT2D eigenvalue weighted by atomic mass is 19.1. The van der Waals surface area contributed by atoms with Crippen molar-refractivity contribution in [2.24, 2.45) is 0 Å². The molecule has 67 heavy (non-hydrogen) atoms. The van der Waals surface area contributed by atoms with Gasteiger partial charge in [0.1, 0.15) is 23.3 Å². The van der Waals surface area contributed by atoms with Crippen LogP contribution in [-0.4, -0.2) is 106 Å². The number of unbranched alkanes of at least 4 members (excludes halogenated alkanes) is 4. The first-order valence-corrected chi connectivity index (χ1v) is 22.1. The normalized spacial score (nSPS) is 15.8. The summed E-state index contributed by atoms with van der Waals surface area (Å²) in [5, 5.41) is 18.3. The molecule has 17 nitrogen and oxygen atoms in total. The fraction of sp³-hybridized carbons (Fsp3) is 0.306. The van der Waals surface area contributed by atoms with Gasteiger partial charge in [-0.1, -0.05) is 31.4 Å². The first-order valence-electron chi connectivity index (χ1n) is 22.1. The molecule has 5 aromatic rings. The number of nitriles is 1. The summed E-state index contributed by atoms with van der Waals surface area (Å²) in [4.78, 5) is 94.9. The van der Waals surface area contributed by atoms with Crippen molar-refractivity contribution < 1.29 is 37.9 Å². The quantitative estimate of drug-likeness (QED) is 0.0768. The van der Waals surface area contributed by atoms with E-state index in [4.69, 9.17) is 4.74 Å². The van der Waals surface area contributed by atoms with Crippen LogP contribution in [0.3, 0.4) is 0 Å². The second-order valence-electron chi connectivity index (χ2n) is 16.3. The average molecular weight is 907 g/mol. The van der Waals surface area contributed by atoms with E-state index in [-0.39, 0.29) is 52.7 Å². The number of rotatable bonds is 16. The number of carbonyl (C=O) groups is 6. The summed E-state index contributed by atoms with van der Waals surface area (Å²) in [5.41, 5.74) is 4.14. The highest BCUT2D eigenvalue weighted by Crippen LogP contribution is 2.35. The van der Waals surface area contributed by atoms with Crippen LogP contribution < -0.4 is 25.6 Å². The SMILES string of the molecule is COc1cccc(F)c1-c1nccc(C(=O)Nc2ccc(-c3cnccc3C#N)cc2N2CCN(C(=O)CCCCCCCNc3ccc4c(c3)C(=O)N(C3CCC(=O)NC3=O)C4=O)CC2)n1. The lowest BCUT2D eigenvalue weighted by Gasteiger charge is -2.37. The molecule has 1 unspecified atom stereocenters. The minimum absolute atomic E-state index is 0.00703. The van der Waals surface area contributed by atoms with E-state index in [0.29, 0.717) is 67.3 Å². The molecule has 342 valence electrons. The van der Waals surface area contributed by atoms with E-state index in [1.807, 2.05) is 11.0 Å². The second kappa shape index (κ2) is 20.4. The summed E-state index contributed by atoms with van der Waals surface area (Å²) in [6.07, 6.45) is 9.48. The summed E-state index contributed by atoms with van der Waals surface area (Å²) in [6.45, 7) is 2.55. The van der Waals surface area contributed by atoms with Crippen molar-refractivity contribution in [2.75, 3.05) is 55.4 Å². The molecule has 2 saturated heterocycles. The number of anilines is 3. The molecule has 0 radical (unpaired) electrons. The molecule has 5 heterocycles. The third-order valence-corrected chi connectivity index (χ3v) is 12.1. The molecule has 3 aliphatic rings. The number of ether oxygens (including phenoxy) is 1. The minimum atomic E-state index is -1.01. The zero-order chi connectivity index (χ0) is 47.0. The van der Waals surface area contributed by atoms with Gasteiger partial charge < -0.3 is 25.2 Å². The van der Waals surface area contributed by atoms with Gasteiger partial charge in [0.2, 0.25) is 17.7 Å². The standard InChI is InChI=1S/C49H47FN10O7/c1-67-41-9-7-8-36(50)44(41)45-54-21-18-38(55-45)46(63)56-37-14-11-30(35-29-52-20-17-31(35)28-51)26-40(37)58-22-24-59(25-23-58)43(62)10-5-3-2-4-6-19-53-32-12-13-33-34(27-32)49(66)60(48(33)65)39-15-16-42(61)57-47(39)64/h7-9,11-14,17-18,20-21,26-27,29,39,53H,2-6,10,15-16,19,22-25H2,1H3,(H,56,63)(H,57,61,64). The van der Waals surface area contributed by atoms with Gasteiger partial charge >= 0.3 is 0 Å². The Hall–Kier alpha value is -8.07. The van der Waals surface area contributed by atoms with Gasteiger partial charge in [0.15, 0.2) is 5.82 Å². The van der Waals surface area contributed by atoms with E-state index >= 15 is 0 Å². The van der Waals surface area contributed by atoms with Gasteiger partial charge in [-0.05, 0) is 79.4 Å².